The second-order valence-corrected chi connectivity index (χ2v) is 6.15. The summed E-state index contributed by atoms with van der Waals surface area (Å²) in [6, 6.07) is 7.36. The van der Waals surface area contributed by atoms with Crippen LogP contribution in [0, 0.1) is 5.92 Å². The van der Waals surface area contributed by atoms with Crippen LogP contribution in [0.25, 0.3) is 0 Å². The smallest absolute Gasteiger partial charge is 0.193 e. The van der Waals surface area contributed by atoms with E-state index in [1.807, 2.05) is 31.3 Å². The minimum atomic E-state index is 0. The van der Waals surface area contributed by atoms with Crippen molar-refractivity contribution in [2.24, 2.45) is 10.9 Å². The highest BCUT2D eigenvalue weighted by atomic mass is 127. The van der Waals surface area contributed by atoms with Gasteiger partial charge in [0.25, 0.3) is 0 Å². The summed E-state index contributed by atoms with van der Waals surface area (Å²) in [5, 5.41) is 3.99. The highest BCUT2D eigenvalue weighted by Crippen LogP contribution is 2.28. The largest absolute Gasteiger partial charge is 0.492 e. The molecule has 0 bridgehead atoms. The molecule has 1 aliphatic carbocycles. The van der Waals surface area contributed by atoms with Crippen molar-refractivity contribution in [1.29, 1.82) is 0 Å². The number of hydrogen-bond acceptors (Lipinski definition) is 3. The van der Waals surface area contributed by atoms with Crippen LogP contribution in [-0.2, 0) is 4.74 Å². The van der Waals surface area contributed by atoms with Crippen molar-refractivity contribution in [3.05, 3.63) is 29.3 Å². The van der Waals surface area contributed by atoms with Crippen molar-refractivity contribution in [3.8, 4) is 5.75 Å². The Labute approximate surface area is 166 Å². The zero-order chi connectivity index (χ0) is 16.5. The molecule has 0 unspecified atom stereocenters. The molecule has 1 aromatic rings. The lowest BCUT2D eigenvalue weighted by atomic mass is 10.3. The predicted molar refractivity (Wildman–Crippen MR) is 110 cm³/mol. The predicted octanol–water partition coefficient (Wildman–Crippen LogP) is 3.27. The van der Waals surface area contributed by atoms with Crippen LogP contribution in [0.5, 0.6) is 5.75 Å². The average molecular weight is 468 g/mol. The molecule has 0 radical (unpaired) electrons. The summed E-state index contributed by atoms with van der Waals surface area (Å²) in [7, 11) is 3.79. The average Bonchev–Trinajstić information content (AvgIpc) is 3.37. The number of halogens is 2. The lowest BCUT2D eigenvalue weighted by Gasteiger charge is -2.22. The number of benzene rings is 1. The molecule has 7 heteroatoms. The molecule has 1 N–H and O–H groups in total. The fourth-order valence-electron chi connectivity index (χ4n) is 2.09. The molecule has 0 atom stereocenters. The van der Waals surface area contributed by atoms with Crippen molar-refractivity contribution in [3.63, 3.8) is 0 Å². The van der Waals surface area contributed by atoms with Crippen molar-refractivity contribution >= 4 is 41.5 Å². The number of likely N-dealkylation sites (N-methyl/N-ethyl adjacent to an activating group) is 1. The van der Waals surface area contributed by atoms with E-state index in [0.717, 1.165) is 37.4 Å². The fraction of sp³-hybridized carbons (Fsp3) is 0.588. The van der Waals surface area contributed by atoms with Gasteiger partial charge in [0, 0.05) is 32.3 Å². The fourth-order valence-corrected chi connectivity index (χ4v) is 2.22. The van der Waals surface area contributed by atoms with E-state index < -0.39 is 0 Å². The van der Waals surface area contributed by atoms with Crippen molar-refractivity contribution in [2.45, 2.75) is 12.8 Å². The zero-order valence-corrected chi connectivity index (χ0v) is 17.4. The van der Waals surface area contributed by atoms with Gasteiger partial charge in [0.2, 0.25) is 0 Å². The van der Waals surface area contributed by atoms with E-state index in [2.05, 4.69) is 15.2 Å². The Morgan fingerprint density at radius 3 is 2.62 bits per heavy atom. The van der Waals surface area contributed by atoms with Gasteiger partial charge in [-0.15, -0.1) is 24.0 Å². The van der Waals surface area contributed by atoms with Gasteiger partial charge in [-0.2, -0.15) is 0 Å². The summed E-state index contributed by atoms with van der Waals surface area (Å²) < 4.78 is 11.3. The van der Waals surface area contributed by atoms with E-state index in [-0.39, 0.29) is 24.0 Å². The molecule has 1 aliphatic rings. The number of rotatable bonds is 9. The number of nitrogens with zero attached hydrogens (tertiary/aromatic N) is 2. The van der Waals surface area contributed by atoms with Gasteiger partial charge in [0.1, 0.15) is 12.4 Å². The summed E-state index contributed by atoms with van der Waals surface area (Å²) in [4.78, 5) is 6.34. The van der Waals surface area contributed by atoms with E-state index >= 15 is 0 Å². The molecule has 0 spiro atoms. The van der Waals surface area contributed by atoms with Gasteiger partial charge in [0.05, 0.1) is 13.2 Å². The first-order valence-electron chi connectivity index (χ1n) is 8.07. The maximum Gasteiger partial charge on any atom is 0.193 e. The Kier molecular flexibility index (Phi) is 10.4. The third-order valence-electron chi connectivity index (χ3n) is 3.66. The van der Waals surface area contributed by atoms with Crippen LogP contribution in [0.4, 0.5) is 0 Å². The van der Waals surface area contributed by atoms with Crippen molar-refractivity contribution < 1.29 is 9.47 Å². The molecular formula is C17H27ClIN3O2. The van der Waals surface area contributed by atoms with Gasteiger partial charge < -0.3 is 19.7 Å². The Morgan fingerprint density at radius 1 is 1.29 bits per heavy atom. The molecule has 136 valence electrons. The van der Waals surface area contributed by atoms with Crippen LogP contribution in [0.2, 0.25) is 5.02 Å². The summed E-state index contributed by atoms with van der Waals surface area (Å²) >= 11 is 5.84. The number of aliphatic imine (C=N–C) groups is 1. The van der Waals surface area contributed by atoms with E-state index in [9.17, 15) is 0 Å². The maximum absolute atomic E-state index is 5.84. The molecule has 0 amide bonds. The second-order valence-electron chi connectivity index (χ2n) is 5.72. The van der Waals surface area contributed by atoms with Gasteiger partial charge in [-0.1, -0.05) is 11.6 Å². The maximum atomic E-state index is 5.84. The van der Waals surface area contributed by atoms with Crippen LogP contribution in [0.15, 0.2) is 29.3 Å². The van der Waals surface area contributed by atoms with E-state index in [4.69, 9.17) is 21.1 Å². The van der Waals surface area contributed by atoms with E-state index in [1.165, 1.54) is 12.8 Å². The molecular weight excluding hydrogens is 441 g/mol. The normalized spacial score (nSPS) is 14.0. The molecule has 24 heavy (non-hydrogen) atoms. The van der Waals surface area contributed by atoms with Crippen LogP contribution < -0.4 is 10.1 Å². The minimum Gasteiger partial charge on any atom is -0.492 e. The van der Waals surface area contributed by atoms with Gasteiger partial charge in [-0.3, -0.25) is 4.99 Å². The molecule has 0 aromatic heterocycles. The van der Waals surface area contributed by atoms with E-state index in [0.29, 0.717) is 18.2 Å². The van der Waals surface area contributed by atoms with Crippen LogP contribution in [0.3, 0.4) is 0 Å². The summed E-state index contributed by atoms with van der Waals surface area (Å²) in [5.74, 6) is 2.47. The topological polar surface area (TPSA) is 46.1 Å². The van der Waals surface area contributed by atoms with E-state index in [1.54, 1.807) is 7.05 Å². The van der Waals surface area contributed by atoms with Crippen molar-refractivity contribution in [1.82, 2.24) is 10.2 Å². The Hall–Kier alpha value is -0.730. The monoisotopic (exact) mass is 467 g/mol. The molecule has 5 nitrogen and oxygen atoms in total. The minimum absolute atomic E-state index is 0. The first kappa shape index (κ1) is 21.3. The first-order valence-corrected chi connectivity index (χ1v) is 8.44. The summed E-state index contributed by atoms with van der Waals surface area (Å²) in [6.07, 6.45) is 2.65. The highest BCUT2D eigenvalue weighted by Gasteiger charge is 2.21. The zero-order valence-electron chi connectivity index (χ0n) is 14.3. The number of hydrogen-bond donors (Lipinski definition) is 1. The summed E-state index contributed by atoms with van der Waals surface area (Å²) in [6.45, 7) is 3.70. The van der Waals surface area contributed by atoms with Crippen molar-refractivity contribution in [2.75, 3.05) is 47.0 Å². The number of guanidine groups is 1. The molecule has 0 aliphatic heterocycles. The van der Waals surface area contributed by atoms with Crippen LogP contribution >= 0.6 is 35.6 Å². The molecule has 0 heterocycles. The van der Waals surface area contributed by atoms with Crippen LogP contribution in [-0.4, -0.2) is 57.9 Å². The molecule has 2 rings (SSSR count). The Balaban J connectivity index is 0.00000288. The third-order valence-corrected chi connectivity index (χ3v) is 3.91. The number of ether oxygens (including phenoxy) is 2. The molecule has 1 saturated carbocycles. The molecule has 1 fully saturated rings. The second kappa shape index (κ2) is 11.8. The van der Waals surface area contributed by atoms with Gasteiger partial charge in [-0.25, -0.2) is 0 Å². The van der Waals surface area contributed by atoms with Crippen LogP contribution in [0.1, 0.15) is 12.8 Å². The third kappa shape index (κ3) is 8.39. The van der Waals surface area contributed by atoms with Gasteiger partial charge in [0.15, 0.2) is 5.96 Å². The Morgan fingerprint density at radius 2 is 2.00 bits per heavy atom. The highest BCUT2D eigenvalue weighted by molar-refractivity contribution is 14.0. The quantitative estimate of drug-likeness (QED) is 0.262. The molecule has 1 aromatic carbocycles. The van der Waals surface area contributed by atoms with Gasteiger partial charge in [-0.05, 0) is 43.0 Å². The standard InChI is InChI=1S/C17H26ClN3O2.HI/c1-19-17(21(2)10-12-22-13-14-3-4-14)20-9-11-23-16-7-5-15(18)6-8-16;/h5-8,14H,3-4,9-13H2,1-2H3,(H,19,20);1H. The first-order chi connectivity index (χ1) is 11.2. The Bertz CT molecular complexity index is 495. The number of nitrogens with one attached hydrogen (secondary N) is 1. The SMILES string of the molecule is CN=C(NCCOc1ccc(Cl)cc1)N(C)CCOCC1CC1.I. The molecule has 0 saturated heterocycles. The summed E-state index contributed by atoms with van der Waals surface area (Å²) in [5.41, 5.74) is 0. The lowest BCUT2D eigenvalue weighted by molar-refractivity contribution is 0.115. The van der Waals surface area contributed by atoms with Gasteiger partial charge >= 0.3 is 0 Å². The lowest BCUT2D eigenvalue weighted by Crippen LogP contribution is -2.42.